The summed E-state index contributed by atoms with van der Waals surface area (Å²) in [4.78, 5) is 55.2. The van der Waals surface area contributed by atoms with Crippen molar-refractivity contribution in [1.82, 2.24) is 15.5 Å². The van der Waals surface area contributed by atoms with Crippen LogP contribution in [0.25, 0.3) is 0 Å². The number of alkyl carbamates (subject to hydrolysis) is 1. The van der Waals surface area contributed by atoms with E-state index in [-0.39, 0.29) is 17.7 Å². The molecule has 0 aliphatic rings. The summed E-state index contributed by atoms with van der Waals surface area (Å²) in [5.74, 6) is -2.12. The summed E-state index contributed by atoms with van der Waals surface area (Å²) < 4.78 is 10.9. The first-order valence-electron chi connectivity index (χ1n) is 14.5. The minimum Gasteiger partial charge on any atom is -0.508 e. The van der Waals surface area contributed by atoms with Gasteiger partial charge in [0.15, 0.2) is 0 Å². The van der Waals surface area contributed by atoms with E-state index in [1.807, 2.05) is 37.3 Å². The van der Waals surface area contributed by atoms with Gasteiger partial charge in [-0.05, 0) is 73.4 Å². The fourth-order valence-corrected chi connectivity index (χ4v) is 4.33. The maximum Gasteiger partial charge on any atom is 0.408 e. The molecule has 2 atom stereocenters. The van der Waals surface area contributed by atoms with Gasteiger partial charge in [0.05, 0.1) is 0 Å². The Morgan fingerprint density at radius 1 is 0.837 bits per heavy atom. The van der Waals surface area contributed by atoms with E-state index in [0.717, 1.165) is 5.56 Å². The van der Waals surface area contributed by atoms with Crippen molar-refractivity contribution < 1.29 is 33.8 Å². The minimum atomic E-state index is -1.36. The van der Waals surface area contributed by atoms with Crippen LogP contribution in [0.4, 0.5) is 4.79 Å². The van der Waals surface area contributed by atoms with Gasteiger partial charge in [-0.15, -0.1) is 0 Å². The third-order valence-corrected chi connectivity index (χ3v) is 6.60. The van der Waals surface area contributed by atoms with Gasteiger partial charge < -0.3 is 30.1 Å². The summed E-state index contributed by atoms with van der Waals surface area (Å²) in [6.07, 6.45) is -0.214. The van der Waals surface area contributed by atoms with Gasteiger partial charge in [0.1, 0.15) is 35.6 Å². The SMILES string of the molecule is CCC(C)(C)N(C(=O)CNC(=O)OC(C)(C)C)C(C(=O)NC(Cc1ccccc1)C(=O)OC(C)(C)C)c1ccccc1O. The molecule has 0 heterocycles. The average molecular weight is 598 g/mol. The Balaban J connectivity index is 2.56. The van der Waals surface area contributed by atoms with E-state index in [9.17, 15) is 24.3 Å². The van der Waals surface area contributed by atoms with E-state index in [2.05, 4.69) is 10.6 Å². The zero-order valence-corrected chi connectivity index (χ0v) is 26.8. The minimum absolute atomic E-state index is 0.139. The third-order valence-electron chi connectivity index (χ3n) is 6.60. The predicted octanol–water partition coefficient (Wildman–Crippen LogP) is 5.04. The number of aromatic hydroxyl groups is 1. The van der Waals surface area contributed by atoms with Crippen molar-refractivity contribution in [3.05, 3.63) is 65.7 Å². The van der Waals surface area contributed by atoms with Crippen LogP contribution in [-0.2, 0) is 30.3 Å². The fourth-order valence-electron chi connectivity index (χ4n) is 4.33. The Kier molecular flexibility index (Phi) is 11.8. The van der Waals surface area contributed by atoms with Crippen LogP contribution in [0.1, 0.15) is 85.9 Å². The highest BCUT2D eigenvalue weighted by atomic mass is 16.6. The van der Waals surface area contributed by atoms with E-state index in [4.69, 9.17) is 9.47 Å². The van der Waals surface area contributed by atoms with Crippen molar-refractivity contribution in [2.75, 3.05) is 6.54 Å². The predicted molar refractivity (Wildman–Crippen MR) is 164 cm³/mol. The number of phenolic OH excluding ortho intramolecular Hbond substituents is 1. The molecule has 0 aliphatic heterocycles. The van der Waals surface area contributed by atoms with Gasteiger partial charge in [-0.1, -0.05) is 55.5 Å². The second kappa shape index (κ2) is 14.4. The van der Waals surface area contributed by atoms with Crippen LogP contribution in [0, 0.1) is 0 Å². The molecule has 0 bridgehead atoms. The number of ether oxygens (including phenoxy) is 2. The first-order valence-corrected chi connectivity index (χ1v) is 14.5. The number of esters is 1. The second-order valence-corrected chi connectivity index (χ2v) is 13.0. The number of amides is 3. The lowest BCUT2D eigenvalue weighted by molar-refractivity contribution is -0.159. The summed E-state index contributed by atoms with van der Waals surface area (Å²) in [5, 5.41) is 16.2. The van der Waals surface area contributed by atoms with E-state index in [0.29, 0.717) is 6.42 Å². The third kappa shape index (κ3) is 10.9. The molecule has 0 radical (unpaired) electrons. The quantitative estimate of drug-likeness (QED) is 0.309. The smallest absolute Gasteiger partial charge is 0.408 e. The number of para-hydroxylation sites is 1. The van der Waals surface area contributed by atoms with E-state index < -0.39 is 59.2 Å². The van der Waals surface area contributed by atoms with Crippen LogP contribution >= 0.6 is 0 Å². The van der Waals surface area contributed by atoms with Crippen LogP contribution in [0.15, 0.2) is 54.6 Å². The zero-order valence-electron chi connectivity index (χ0n) is 26.8. The van der Waals surface area contributed by atoms with Crippen molar-refractivity contribution in [3.8, 4) is 5.75 Å². The number of hydrogen-bond acceptors (Lipinski definition) is 7. The number of nitrogens with zero attached hydrogens (tertiary/aromatic N) is 1. The Morgan fingerprint density at radius 2 is 1.40 bits per heavy atom. The molecule has 2 aromatic carbocycles. The summed E-state index contributed by atoms with van der Waals surface area (Å²) in [6.45, 7) is 15.3. The molecule has 0 aliphatic carbocycles. The molecule has 10 heteroatoms. The molecular weight excluding hydrogens is 550 g/mol. The van der Waals surface area contributed by atoms with E-state index in [1.54, 1.807) is 73.6 Å². The zero-order chi connectivity index (χ0) is 32.6. The van der Waals surface area contributed by atoms with E-state index >= 15 is 0 Å². The van der Waals surface area contributed by atoms with Crippen LogP contribution in [0.5, 0.6) is 5.75 Å². The molecule has 0 saturated heterocycles. The van der Waals surface area contributed by atoms with Crippen molar-refractivity contribution in [1.29, 1.82) is 0 Å². The van der Waals surface area contributed by atoms with Crippen LogP contribution in [0.3, 0.4) is 0 Å². The van der Waals surface area contributed by atoms with Crippen LogP contribution in [-0.4, -0.2) is 63.2 Å². The first-order chi connectivity index (χ1) is 19.8. The number of carbonyl (C=O) groups excluding carboxylic acids is 4. The highest BCUT2D eigenvalue weighted by Crippen LogP contribution is 2.35. The van der Waals surface area contributed by atoms with Gasteiger partial charge in [-0.3, -0.25) is 9.59 Å². The van der Waals surface area contributed by atoms with Gasteiger partial charge in [0.25, 0.3) is 0 Å². The van der Waals surface area contributed by atoms with Gasteiger partial charge in [-0.2, -0.15) is 0 Å². The fraction of sp³-hybridized carbons (Fsp3) is 0.515. The molecule has 0 fully saturated rings. The number of nitrogens with one attached hydrogen (secondary N) is 2. The lowest BCUT2D eigenvalue weighted by Crippen LogP contribution is -2.57. The molecule has 0 spiro atoms. The topological polar surface area (TPSA) is 134 Å². The van der Waals surface area contributed by atoms with Crippen molar-refractivity contribution >= 4 is 23.9 Å². The normalized spacial score (nSPS) is 13.3. The highest BCUT2D eigenvalue weighted by molar-refractivity contribution is 5.93. The Hall–Kier alpha value is -4.08. The maximum atomic E-state index is 14.3. The van der Waals surface area contributed by atoms with Gasteiger partial charge in [0.2, 0.25) is 11.8 Å². The molecule has 0 saturated carbocycles. The number of rotatable bonds is 11. The molecule has 3 amide bonds. The number of carbonyl (C=O) groups is 4. The Labute approximate surface area is 255 Å². The second-order valence-electron chi connectivity index (χ2n) is 13.0. The Bertz CT molecular complexity index is 1260. The molecule has 43 heavy (non-hydrogen) atoms. The van der Waals surface area contributed by atoms with E-state index in [1.165, 1.54) is 11.0 Å². The number of benzene rings is 2. The molecule has 2 unspecified atom stereocenters. The summed E-state index contributed by atoms with van der Waals surface area (Å²) in [7, 11) is 0. The molecule has 2 rings (SSSR count). The Morgan fingerprint density at radius 3 is 1.93 bits per heavy atom. The molecule has 0 aromatic heterocycles. The monoisotopic (exact) mass is 597 g/mol. The highest BCUT2D eigenvalue weighted by Gasteiger charge is 2.42. The molecule has 3 N–H and O–H groups in total. The van der Waals surface area contributed by atoms with Gasteiger partial charge in [-0.25, -0.2) is 9.59 Å². The average Bonchev–Trinajstić information content (AvgIpc) is 2.89. The lowest BCUT2D eigenvalue weighted by Gasteiger charge is -2.43. The van der Waals surface area contributed by atoms with Crippen LogP contribution in [0.2, 0.25) is 0 Å². The molecule has 2 aromatic rings. The summed E-state index contributed by atoms with van der Waals surface area (Å²) >= 11 is 0. The van der Waals surface area contributed by atoms with Crippen molar-refractivity contribution in [2.45, 2.75) is 104 Å². The van der Waals surface area contributed by atoms with Crippen LogP contribution < -0.4 is 10.6 Å². The summed E-state index contributed by atoms with van der Waals surface area (Å²) in [5.41, 5.74) is -1.55. The standard InChI is InChI=1S/C33H47N3O7/c1-10-33(8,9)36(26(38)21-34-30(41)43-32(5,6)7)27(23-18-14-15-19-25(23)37)28(39)35-24(29(40)42-31(2,3)4)20-22-16-12-11-13-17-22/h11-19,24,27,37H,10,20-21H2,1-9H3,(H,34,41)(H,35,39). The largest absolute Gasteiger partial charge is 0.508 e. The van der Waals surface area contributed by atoms with Gasteiger partial charge >= 0.3 is 12.1 Å². The van der Waals surface area contributed by atoms with Crippen molar-refractivity contribution in [3.63, 3.8) is 0 Å². The lowest BCUT2D eigenvalue weighted by atomic mass is 9.92. The number of phenols is 1. The van der Waals surface area contributed by atoms with Crippen molar-refractivity contribution in [2.24, 2.45) is 0 Å². The molecule has 10 nitrogen and oxygen atoms in total. The summed E-state index contributed by atoms with van der Waals surface area (Å²) in [6, 6.07) is 12.9. The maximum absolute atomic E-state index is 14.3. The molecule has 236 valence electrons. The van der Waals surface area contributed by atoms with Gasteiger partial charge in [0, 0.05) is 17.5 Å². The number of hydrogen-bond donors (Lipinski definition) is 3. The molecular formula is C33H47N3O7. The first kappa shape index (κ1) is 35.1.